The largest absolute Gasteiger partial charge is 0.354 e. The molecule has 0 aliphatic carbocycles. The normalized spacial score (nSPS) is 18.2. The van der Waals surface area contributed by atoms with Crippen LogP contribution in [-0.2, 0) is 11.2 Å². The van der Waals surface area contributed by atoms with E-state index in [-0.39, 0.29) is 11.9 Å². The van der Waals surface area contributed by atoms with Crippen molar-refractivity contribution in [2.75, 3.05) is 13.1 Å². The van der Waals surface area contributed by atoms with Gasteiger partial charge in [0, 0.05) is 13.1 Å². The van der Waals surface area contributed by atoms with Crippen LogP contribution in [0.25, 0.3) is 0 Å². The third-order valence-electron chi connectivity index (χ3n) is 3.02. The minimum atomic E-state index is -0.204. The number of amides is 1. The van der Waals surface area contributed by atoms with Crippen molar-refractivity contribution in [3.05, 3.63) is 48.0 Å². The summed E-state index contributed by atoms with van der Waals surface area (Å²) in [5, 5.41) is 6.19. The van der Waals surface area contributed by atoms with E-state index in [1.54, 1.807) is 0 Å². The van der Waals surface area contributed by atoms with Gasteiger partial charge in [-0.3, -0.25) is 4.79 Å². The van der Waals surface area contributed by atoms with Crippen molar-refractivity contribution in [1.82, 2.24) is 10.6 Å². The number of rotatable bonds is 4. The van der Waals surface area contributed by atoms with Crippen LogP contribution >= 0.6 is 0 Å². The fourth-order valence-corrected chi connectivity index (χ4v) is 2.14. The fourth-order valence-electron chi connectivity index (χ4n) is 2.14. The summed E-state index contributed by atoms with van der Waals surface area (Å²) in [4.78, 5) is 12.0. The molecule has 0 spiro atoms. The molecule has 0 fully saturated rings. The van der Waals surface area contributed by atoms with Gasteiger partial charge < -0.3 is 10.6 Å². The van der Waals surface area contributed by atoms with Crippen LogP contribution < -0.4 is 10.6 Å². The Morgan fingerprint density at radius 3 is 3.18 bits per heavy atom. The van der Waals surface area contributed by atoms with Gasteiger partial charge in [-0.05, 0) is 24.0 Å². The number of carbonyl (C=O) groups excluding carboxylic acids is 1. The van der Waals surface area contributed by atoms with Crippen molar-refractivity contribution < 1.29 is 4.79 Å². The van der Waals surface area contributed by atoms with E-state index >= 15 is 0 Å². The second-order valence-electron chi connectivity index (χ2n) is 4.20. The molecule has 1 atom stereocenters. The van der Waals surface area contributed by atoms with Crippen LogP contribution in [-0.4, -0.2) is 19.0 Å². The van der Waals surface area contributed by atoms with Crippen molar-refractivity contribution in [3.63, 3.8) is 0 Å². The average Bonchev–Trinajstić information content (AvgIpc) is 2.38. The summed E-state index contributed by atoms with van der Waals surface area (Å²) in [7, 11) is 0. The predicted molar refractivity (Wildman–Crippen MR) is 68.7 cm³/mol. The maximum Gasteiger partial charge on any atom is 0.241 e. The first-order valence-corrected chi connectivity index (χ1v) is 6.02. The molecule has 0 saturated heterocycles. The van der Waals surface area contributed by atoms with Crippen LogP contribution in [0.2, 0.25) is 0 Å². The zero-order valence-electron chi connectivity index (χ0n) is 9.91. The van der Waals surface area contributed by atoms with Crippen LogP contribution in [0.3, 0.4) is 0 Å². The van der Waals surface area contributed by atoms with Crippen molar-refractivity contribution in [2.45, 2.75) is 18.9 Å². The smallest absolute Gasteiger partial charge is 0.241 e. The predicted octanol–water partition coefficient (Wildman–Crippen LogP) is 1.57. The summed E-state index contributed by atoms with van der Waals surface area (Å²) in [6, 6.07) is 7.93. The van der Waals surface area contributed by atoms with E-state index in [1.165, 1.54) is 5.56 Å². The minimum absolute atomic E-state index is 0.0546. The van der Waals surface area contributed by atoms with Crippen LogP contribution in [0.1, 0.15) is 23.6 Å². The van der Waals surface area contributed by atoms with Crippen LogP contribution in [0.15, 0.2) is 36.9 Å². The first-order valence-electron chi connectivity index (χ1n) is 6.02. The number of hydrogen-bond acceptors (Lipinski definition) is 2. The molecule has 0 bridgehead atoms. The highest BCUT2D eigenvalue weighted by Gasteiger charge is 2.24. The molecule has 1 unspecified atom stereocenters. The summed E-state index contributed by atoms with van der Waals surface area (Å²) < 4.78 is 0. The van der Waals surface area contributed by atoms with Crippen LogP contribution in [0.5, 0.6) is 0 Å². The van der Waals surface area contributed by atoms with Gasteiger partial charge in [0.15, 0.2) is 0 Å². The Hall–Kier alpha value is -1.61. The van der Waals surface area contributed by atoms with E-state index in [0.29, 0.717) is 6.54 Å². The van der Waals surface area contributed by atoms with E-state index in [2.05, 4.69) is 23.3 Å². The van der Waals surface area contributed by atoms with E-state index < -0.39 is 0 Å². The Kier molecular flexibility index (Phi) is 3.94. The molecule has 0 radical (unpaired) electrons. The van der Waals surface area contributed by atoms with Gasteiger partial charge in [-0.15, -0.1) is 6.58 Å². The standard InChI is InChI=1S/C14H18N2O/c1-2-3-9-16-14(17)13-12-7-5-4-6-11(12)8-10-15-13/h2,4-7,13,15H,1,3,8-10H2,(H,16,17). The summed E-state index contributed by atoms with van der Waals surface area (Å²) in [6.07, 6.45) is 3.61. The lowest BCUT2D eigenvalue weighted by Gasteiger charge is -2.25. The summed E-state index contributed by atoms with van der Waals surface area (Å²) in [5.74, 6) is 0.0546. The van der Waals surface area contributed by atoms with E-state index in [1.807, 2.05) is 24.3 Å². The van der Waals surface area contributed by atoms with E-state index in [4.69, 9.17) is 0 Å². The van der Waals surface area contributed by atoms with Gasteiger partial charge in [-0.1, -0.05) is 30.3 Å². The SMILES string of the molecule is C=CCCNC(=O)C1NCCc2ccccc21. The lowest BCUT2D eigenvalue weighted by molar-refractivity contribution is -0.123. The lowest BCUT2D eigenvalue weighted by Crippen LogP contribution is -2.41. The maximum absolute atomic E-state index is 12.0. The number of hydrogen-bond donors (Lipinski definition) is 2. The molecule has 17 heavy (non-hydrogen) atoms. The Labute approximate surface area is 102 Å². The van der Waals surface area contributed by atoms with Crippen molar-refractivity contribution >= 4 is 5.91 Å². The minimum Gasteiger partial charge on any atom is -0.354 e. The highest BCUT2D eigenvalue weighted by Crippen LogP contribution is 2.22. The molecule has 3 nitrogen and oxygen atoms in total. The third kappa shape index (κ3) is 2.74. The first kappa shape index (κ1) is 11.9. The molecular weight excluding hydrogens is 212 g/mol. The molecule has 1 aromatic carbocycles. The molecule has 1 amide bonds. The Bertz CT molecular complexity index is 414. The molecule has 1 aliphatic rings. The summed E-state index contributed by atoms with van der Waals surface area (Å²) >= 11 is 0. The zero-order valence-corrected chi connectivity index (χ0v) is 9.91. The molecule has 1 heterocycles. The van der Waals surface area contributed by atoms with Crippen LogP contribution in [0, 0.1) is 0 Å². The molecule has 1 aromatic rings. The Morgan fingerprint density at radius 1 is 1.53 bits per heavy atom. The van der Waals surface area contributed by atoms with Gasteiger partial charge in [-0.2, -0.15) is 0 Å². The Morgan fingerprint density at radius 2 is 2.35 bits per heavy atom. The molecule has 2 N–H and O–H groups in total. The van der Waals surface area contributed by atoms with Crippen LogP contribution in [0.4, 0.5) is 0 Å². The van der Waals surface area contributed by atoms with Gasteiger partial charge >= 0.3 is 0 Å². The molecule has 2 rings (SSSR count). The zero-order chi connectivity index (χ0) is 12.1. The van der Waals surface area contributed by atoms with Gasteiger partial charge in [0.2, 0.25) is 5.91 Å². The Balaban J connectivity index is 2.07. The molecule has 1 aliphatic heterocycles. The molecule has 3 heteroatoms. The second kappa shape index (κ2) is 5.64. The molecular formula is C14H18N2O. The fraction of sp³-hybridized carbons (Fsp3) is 0.357. The highest BCUT2D eigenvalue weighted by atomic mass is 16.2. The lowest BCUT2D eigenvalue weighted by atomic mass is 9.94. The van der Waals surface area contributed by atoms with Crippen molar-refractivity contribution in [1.29, 1.82) is 0 Å². The number of carbonyl (C=O) groups is 1. The average molecular weight is 230 g/mol. The van der Waals surface area contributed by atoms with Gasteiger partial charge in [0.1, 0.15) is 6.04 Å². The number of benzene rings is 1. The summed E-state index contributed by atoms with van der Waals surface area (Å²) in [5.41, 5.74) is 2.38. The summed E-state index contributed by atoms with van der Waals surface area (Å²) in [6.45, 7) is 5.15. The van der Waals surface area contributed by atoms with Gasteiger partial charge in [0.25, 0.3) is 0 Å². The number of nitrogens with one attached hydrogen (secondary N) is 2. The number of fused-ring (bicyclic) bond motifs is 1. The topological polar surface area (TPSA) is 41.1 Å². The quantitative estimate of drug-likeness (QED) is 0.609. The van der Waals surface area contributed by atoms with Gasteiger partial charge in [-0.25, -0.2) is 0 Å². The second-order valence-corrected chi connectivity index (χ2v) is 4.20. The molecule has 0 saturated carbocycles. The highest BCUT2D eigenvalue weighted by molar-refractivity contribution is 5.83. The van der Waals surface area contributed by atoms with Crippen molar-refractivity contribution in [2.24, 2.45) is 0 Å². The maximum atomic E-state index is 12.0. The molecule has 0 aromatic heterocycles. The first-order chi connectivity index (χ1) is 8.33. The molecule has 90 valence electrons. The van der Waals surface area contributed by atoms with Crippen molar-refractivity contribution in [3.8, 4) is 0 Å². The third-order valence-corrected chi connectivity index (χ3v) is 3.02. The van der Waals surface area contributed by atoms with Gasteiger partial charge in [0.05, 0.1) is 0 Å². The van der Waals surface area contributed by atoms with E-state index in [9.17, 15) is 4.79 Å². The monoisotopic (exact) mass is 230 g/mol. The van der Waals surface area contributed by atoms with E-state index in [0.717, 1.165) is 24.9 Å².